The predicted molar refractivity (Wildman–Crippen MR) is 112 cm³/mol. The zero-order valence-electron chi connectivity index (χ0n) is 16.9. The van der Waals surface area contributed by atoms with Crippen molar-refractivity contribution in [1.29, 1.82) is 0 Å². The Kier molecular flexibility index (Phi) is 7.96. The first-order valence-corrected chi connectivity index (χ1v) is 12.9. The van der Waals surface area contributed by atoms with Gasteiger partial charge in [0, 0.05) is 6.54 Å². The van der Waals surface area contributed by atoms with E-state index in [-0.39, 0.29) is 22.8 Å². The van der Waals surface area contributed by atoms with Gasteiger partial charge in [-0.1, -0.05) is 12.1 Å². The highest BCUT2D eigenvalue weighted by Crippen LogP contribution is 2.24. The third-order valence-electron chi connectivity index (χ3n) is 5.07. The van der Waals surface area contributed by atoms with Crippen LogP contribution >= 0.6 is 0 Å². The third-order valence-corrected chi connectivity index (χ3v) is 8.02. The molecule has 0 amide bonds. The van der Waals surface area contributed by atoms with Gasteiger partial charge in [-0.15, -0.1) is 0 Å². The van der Waals surface area contributed by atoms with Crippen LogP contribution in [0.3, 0.4) is 0 Å². The molecule has 3 atom stereocenters. The Morgan fingerprint density at radius 1 is 0.938 bits per heavy atom. The summed E-state index contributed by atoms with van der Waals surface area (Å²) in [5.41, 5.74) is 0. The van der Waals surface area contributed by atoms with Crippen LogP contribution in [0.4, 0.5) is 8.78 Å². The normalized spacial score (nSPS) is 22.0. The number of aliphatic hydroxyl groups is 1. The lowest BCUT2D eigenvalue weighted by Gasteiger charge is -2.36. The average molecular weight is 491 g/mol. The first kappa shape index (κ1) is 24.7. The molecule has 0 saturated carbocycles. The molecule has 2 aromatic carbocycles. The largest absolute Gasteiger partial charge is 0.394 e. The van der Waals surface area contributed by atoms with E-state index in [9.17, 15) is 30.7 Å². The van der Waals surface area contributed by atoms with Gasteiger partial charge in [0.25, 0.3) is 0 Å². The Hall–Kier alpha value is -1.96. The smallest absolute Gasteiger partial charge is 0.241 e. The molecule has 2 aromatic rings. The minimum Gasteiger partial charge on any atom is -0.394 e. The molecule has 32 heavy (non-hydrogen) atoms. The number of aliphatic hydroxyl groups excluding tert-OH is 1. The molecule has 0 aromatic heterocycles. The zero-order valence-corrected chi connectivity index (χ0v) is 18.6. The third kappa shape index (κ3) is 6.30. The lowest BCUT2D eigenvalue weighted by atomic mass is 9.98. The van der Waals surface area contributed by atoms with Crippen molar-refractivity contribution >= 4 is 20.0 Å². The number of halogens is 2. The van der Waals surface area contributed by atoms with Crippen LogP contribution in [0.2, 0.25) is 0 Å². The van der Waals surface area contributed by atoms with Crippen LogP contribution in [-0.4, -0.2) is 53.3 Å². The summed E-state index contributed by atoms with van der Waals surface area (Å²) in [4.78, 5) is -0.426. The molecule has 8 nitrogen and oxygen atoms in total. The van der Waals surface area contributed by atoms with Crippen LogP contribution in [-0.2, 0) is 24.8 Å². The van der Waals surface area contributed by atoms with Gasteiger partial charge in [-0.05, 0) is 55.7 Å². The van der Waals surface area contributed by atoms with E-state index in [1.54, 1.807) is 0 Å². The molecular weight excluding hydrogens is 466 g/mol. The molecule has 1 saturated heterocycles. The molecule has 0 unspecified atom stereocenters. The Balaban J connectivity index is 1.55. The predicted octanol–water partition coefficient (Wildman–Crippen LogP) is 1.52. The highest BCUT2D eigenvalue weighted by atomic mass is 32.2. The van der Waals surface area contributed by atoms with E-state index < -0.39 is 56.5 Å². The number of ether oxygens (including phenoxy) is 1. The minimum absolute atomic E-state index is 0.0152. The summed E-state index contributed by atoms with van der Waals surface area (Å²) >= 11 is 0. The standard InChI is InChI=1S/C20H24F2N2O6S2/c21-14-3-1-5-17(11-14)31(26,27)23-10-9-16-7-8-19(20(13-25)30-16)24-32(28,29)18-6-2-4-15(22)12-18/h1-6,11-12,16,19-20,23-25H,7-10,13H2/t16-,19+,20-/m0/s1. The van der Waals surface area contributed by atoms with Crippen molar-refractivity contribution in [2.75, 3.05) is 13.2 Å². The summed E-state index contributed by atoms with van der Waals surface area (Å²) in [6.45, 7) is -0.441. The van der Waals surface area contributed by atoms with E-state index >= 15 is 0 Å². The molecule has 1 aliphatic rings. The molecule has 3 rings (SSSR count). The maximum absolute atomic E-state index is 13.4. The number of nitrogens with one attached hydrogen (secondary N) is 2. The molecule has 0 spiro atoms. The maximum Gasteiger partial charge on any atom is 0.241 e. The van der Waals surface area contributed by atoms with Gasteiger partial charge in [0.1, 0.15) is 11.6 Å². The monoisotopic (exact) mass is 490 g/mol. The van der Waals surface area contributed by atoms with Crippen LogP contribution in [0, 0.1) is 11.6 Å². The van der Waals surface area contributed by atoms with Gasteiger partial charge in [-0.25, -0.2) is 35.1 Å². The summed E-state index contributed by atoms with van der Waals surface area (Å²) in [5.74, 6) is -1.35. The second-order valence-electron chi connectivity index (χ2n) is 7.39. The Morgan fingerprint density at radius 3 is 2.09 bits per heavy atom. The van der Waals surface area contributed by atoms with Crippen molar-refractivity contribution in [3.05, 3.63) is 60.2 Å². The molecule has 12 heteroatoms. The lowest BCUT2D eigenvalue weighted by molar-refractivity contribution is -0.0869. The number of sulfonamides is 2. The van der Waals surface area contributed by atoms with Gasteiger partial charge in [0.05, 0.1) is 34.6 Å². The van der Waals surface area contributed by atoms with Crippen molar-refractivity contribution < 1.29 is 35.5 Å². The fourth-order valence-electron chi connectivity index (χ4n) is 3.45. The van der Waals surface area contributed by atoms with Crippen molar-refractivity contribution in [2.45, 2.75) is 47.3 Å². The molecule has 176 valence electrons. The SMILES string of the molecule is O=S(=O)(NCC[C@@H]1CC[C@@H](NS(=O)(=O)c2cccc(F)c2)[C@H](CO)O1)c1cccc(F)c1. The fourth-order valence-corrected chi connectivity index (χ4v) is 5.86. The molecule has 3 N–H and O–H groups in total. The molecule has 0 bridgehead atoms. The minimum atomic E-state index is -4.02. The van der Waals surface area contributed by atoms with Crippen LogP contribution in [0.5, 0.6) is 0 Å². The van der Waals surface area contributed by atoms with E-state index in [0.29, 0.717) is 12.8 Å². The summed E-state index contributed by atoms with van der Waals surface area (Å²) in [5, 5.41) is 9.65. The van der Waals surface area contributed by atoms with Crippen LogP contribution in [0.1, 0.15) is 19.3 Å². The summed E-state index contributed by atoms with van der Waals surface area (Å²) in [6, 6.07) is 8.47. The molecular formula is C20H24F2N2O6S2. The van der Waals surface area contributed by atoms with E-state index in [1.807, 2.05) is 0 Å². The molecule has 0 aliphatic carbocycles. The van der Waals surface area contributed by atoms with E-state index in [1.165, 1.54) is 24.3 Å². The molecule has 1 fully saturated rings. The van der Waals surface area contributed by atoms with Gasteiger partial charge < -0.3 is 9.84 Å². The van der Waals surface area contributed by atoms with Gasteiger partial charge in [0.15, 0.2) is 0 Å². The van der Waals surface area contributed by atoms with Crippen LogP contribution in [0.25, 0.3) is 0 Å². The molecule has 0 radical (unpaired) electrons. The van der Waals surface area contributed by atoms with Crippen molar-refractivity contribution in [3.63, 3.8) is 0 Å². The topological polar surface area (TPSA) is 122 Å². The van der Waals surface area contributed by atoms with Crippen molar-refractivity contribution in [2.24, 2.45) is 0 Å². The first-order chi connectivity index (χ1) is 15.1. The average Bonchev–Trinajstić information content (AvgIpc) is 2.74. The number of hydrogen-bond acceptors (Lipinski definition) is 6. The Labute approximate surface area is 185 Å². The number of hydrogen-bond donors (Lipinski definition) is 3. The van der Waals surface area contributed by atoms with E-state index in [4.69, 9.17) is 4.74 Å². The van der Waals surface area contributed by atoms with Gasteiger partial charge >= 0.3 is 0 Å². The quantitative estimate of drug-likeness (QED) is 0.490. The second kappa shape index (κ2) is 10.3. The Bertz CT molecular complexity index is 1140. The molecule has 1 aliphatic heterocycles. The highest BCUT2D eigenvalue weighted by molar-refractivity contribution is 7.89. The van der Waals surface area contributed by atoms with Gasteiger partial charge in [0.2, 0.25) is 20.0 Å². The fraction of sp³-hybridized carbons (Fsp3) is 0.400. The number of rotatable bonds is 9. The summed E-state index contributed by atoms with van der Waals surface area (Å²) in [7, 11) is -7.91. The van der Waals surface area contributed by atoms with Gasteiger partial charge in [-0.3, -0.25) is 0 Å². The van der Waals surface area contributed by atoms with E-state index in [0.717, 1.165) is 24.3 Å². The second-order valence-corrected chi connectivity index (χ2v) is 10.9. The molecule has 1 heterocycles. The van der Waals surface area contributed by atoms with Crippen LogP contribution < -0.4 is 9.44 Å². The highest BCUT2D eigenvalue weighted by Gasteiger charge is 2.34. The summed E-state index contributed by atoms with van der Waals surface area (Å²) in [6.07, 6.45) is -0.251. The lowest BCUT2D eigenvalue weighted by Crippen LogP contribution is -2.51. The van der Waals surface area contributed by atoms with Crippen LogP contribution in [0.15, 0.2) is 58.3 Å². The van der Waals surface area contributed by atoms with Crippen molar-refractivity contribution in [3.8, 4) is 0 Å². The maximum atomic E-state index is 13.4. The number of benzene rings is 2. The summed E-state index contributed by atoms with van der Waals surface area (Å²) < 4.78 is 86.8. The van der Waals surface area contributed by atoms with Crippen molar-refractivity contribution in [1.82, 2.24) is 9.44 Å². The van der Waals surface area contributed by atoms with E-state index in [2.05, 4.69) is 9.44 Å². The zero-order chi connectivity index (χ0) is 23.4. The Morgan fingerprint density at radius 2 is 1.53 bits per heavy atom. The first-order valence-electron chi connectivity index (χ1n) is 9.90. The van der Waals surface area contributed by atoms with Gasteiger partial charge in [-0.2, -0.15) is 0 Å².